The second kappa shape index (κ2) is 9.71. The number of hydrogen-bond donors (Lipinski definition) is 0. The molecule has 0 spiro atoms. The summed E-state index contributed by atoms with van der Waals surface area (Å²) in [6, 6.07) is 13.5. The molecule has 0 N–H and O–H groups in total. The Morgan fingerprint density at radius 3 is 2.55 bits per heavy atom. The monoisotopic (exact) mass is 427 g/mol. The van der Waals surface area contributed by atoms with Gasteiger partial charge in [0.25, 0.3) is 5.89 Å². The van der Waals surface area contributed by atoms with Crippen molar-refractivity contribution < 1.29 is 27.5 Å². The Hall–Kier alpha value is -3.93. The topological polar surface area (TPSA) is 90.4 Å². The second-order valence-corrected chi connectivity index (χ2v) is 6.54. The molecule has 31 heavy (non-hydrogen) atoms. The molecule has 0 unspecified atom stereocenters. The molecule has 160 valence electrons. The molecular formula is C22H19F2N3O4. The van der Waals surface area contributed by atoms with Crippen LogP contribution in [0.1, 0.15) is 25.3 Å². The molecule has 0 radical (unpaired) electrons. The van der Waals surface area contributed by atoms with Crippen molar-refractivity contribution in [3.63, 3.8) is 0 Å². The van der Waals surface area contributed by atoms with Gasteiger partial charge in [0, 0.05) is 11.1 Å². The van der Waals surface area contributed by atoms with Crippen LogP contribution >= 0.6 is 0 Å². The lowest BCUT2D eigenvalue weighted by atomic mass is 10.1. The van der Waals surface area contributed by atoms with E-state index in [2.05, 4.69) is 14.9 Å². The molecule has 2 aromatic carbocycles. The largest absolute Gasteiger partial charge is 0.493 e. The number of methoxy groups -OCH3 is 1. The zero-order valence-corrected chi connectivity index (χ0v) is 17.0. The SMILES string of the molecule is COc1cc(-c2noc(/C(C#N)=C/c3ccccc3OC(C)C)n2)ccc1OC(F)F. The van der Waals surface area contributed by atoms with E-state index in [1.807, 2.05) is 32.0 Å². The van der Waals surface area contributed by atoms with Gasteiger partial charge in [-0.2, -0.15) is 19.0 Å². The van der Waals surface area contributed by atoms with Crippen LogP contribution < -0.4 is 14.2 Å². The molecule has 9 heteroatoms. The van der Waals surface area contributed by atoms with E-state index in [1.165, 1.54) is 25.3 Å². The predicted molar refractivity (Wildman–Crippen MR) is 109 cm³/mol. The van der Waals surface area contributed by atoms with Crippen LogP contribution in [0, 0.1) is 11.3 Å². The van der Waals surface area contributed by atoms with Crippen molar-refractivity contribution in [2.24, 2.45) is 0 Å². The maximum atomic E-state index is 12.5. The Labute approximate surface area is 177 Å². The van der Waals surface area contributed by atoms with E-state index in [-0.39, 0.29) is 34.9 Å². The number of benzene rings is 2. The van der Waals surface area contributed by atoms with Gasteiger partial charge in [0.2, 0.25) is 5.82 Å². The standard InChI is InChI=1S/C22H19F2N3O4/c1-13(2)29-17-7-5-4-6-14(17)10-16(12-25)21-26-20(27-31-21)15-8-9-18(30-22(23)24)19(11-15)28-3/h4-11,13,22H,1-3H3/b16-10+. The number of nitriles is 1. The Morgan fingerprint density at radius 1 is 1.10 bits per heavy atom. The minimum Gasteiger partial charge on any atom is -0.493 e. The first-order chi connectivity index (χ1) is 14.9. The zero-order chi connectivity index (χ0) is 22.4. The molecule has 0 amide bonds. The molecule has 1 heterocycles. The maximum Gasteiger partial charge on any atom is 0.387 e. The summed E-state index contributed by atoms with van der Waals surface area (Å²) in [6.45, 7) is 0.825. The quantitative estimate of drug-likeness (QED) is 0.457. The van der Waals surface area contributed by atoms with Crippen LogP contribution in [0.4, 0.5) is 8.78 Å². The number of hydrogen-bond acceptors (Lipinski definition) is 7. The van der Waals surface area contributed by atoms with Crippen molar-refractivity contribution >= 4 is 11.6 Å². The fourth-order valence-corrected chi connectivity index (χ4v) is 2.71. The van der Waals surface area contributed by atoms with Crippen LogP contribution in [0.5, 0.6) is 17.2 Å². The van der Waals surface area contributed by atoms with E-state index in [0.717, 1.165) is 0 Å². The fraction of sp³-hybridized carbons (Fsp3) is 0.227. The van der Waals surface area contributed by atoms with E-state index in [0.29, 0.717) is 16.9 Å². The zero-order valence-electron chi connectivity index (χ0n) is 17.0. The molecule has 0 aliphatic carbocycles. The van der Waals surface area contributed by atoms with E-state index >= 15 is 0 Å². The van der Waals surface area contributed by atoms with Crippen molar-refractivity contribution in [1.82, 2.24) is 10.1 Å². The smallest absolute Gasteiger partial charge is 0.387 e. The lowest BCUT2D eigenvalue weighted by Crippen LogP contribution is -2.06. The van der Waals surface area contributed by atoms with Crippen LogP contribution in [-0.2, 0) is 0 Å². The van der Waals surface area contributed by atoms with Crippen LogP contribution in [0.3, 0.4) is 0 Å². The third-order valence-corrected chi connectivity index (χ3v) is 4.00. The minimum absolute atomic E-state index is 0.00345. The number of rotatable bonds is 8. The van der Waals surface area contributed by atoms with Crippen LogP contribution in [0.2, 0.25) is 0 Å². The third kappa shape index (κ3) is 5.36. The van der Waals surface area contributed by atoms with Crippen molar-refractivity contribution in [2.75, 3.05) is 7.11 Å². The summed E-state index contributed by atoms with van der Waals surface area (Å²) in [7, 11) is 1.33. The predicted octanol–water partition coefficient (Wildman–Crippen LogP) is 5.20. The van der Waals surface area contributed by atoms with Gasteiger partial charge in [-0.05, 0) is 44.2 Å². The molecule has 3 aromatic rings. The van der Waals surface area contributed by atoms with Gasteiger partial charge in [0.15, 0.2) is 11.5 Å². The van der Waals surface area contributed by atoms with Crippen LogP contribution in [0.15, 0.2) is 47.0 Å². The maximum absolute atomic E-state index is 12.5. The van der Waals surface area contributed by atoms with Crippen molar-refractivity contribution in [3.8, 4) is 34.7 Å². The number of allylic oxidation sites excluding steroid dienone is 1. The molecule has 0 saturated heterocycles. The molecule has 0 fully saturated rings. The first kappa shape index (κ1) is 21.8. The van der Waals surface area contributed by atoms with Gasteiger partial charge in [-0.15, -0.1) is 0 Å². The van der Waals surface area contributed by atoms with Gasteiger partial charge >= 0.3 is 6.61 Å². The molecule has 0 aliphatic heterocycles. The molecule has 1 aromatic heterocycles. The van der Waals surface area contributed by atoms with Gasteiger partial charge < -0.3 is 18.7 Å². The van der Waals surface area contributed by atoms with E-state index < -0.39 is 6.61 Å². The van der Waals surface area contributed by atoms with Gasteiger partial charge in [-0.25, -0.2) is 0 Å². The highest BCUT2D eigenvalue weighted by Gasteiger charge is 2.17. The average molecular weight is 427 g/mol. The highest BCUT2D eigenvalue weighted by Crippen LogP contribution is 2.33. The van der Waals surface area contributed by atoms with E-state index in [4.69, 9.17) is 14.0 Å². The minimum atomic E-state index is -2.98. The van der Waals surface area contributed by atoms with E-state index in [1.54, 1.807) is 18.2 Å². The van der Waals surface area contributed by atoms with Crippen molar-refractivity contribution in [1.29, 1.82) is 5.26 Å². The molecular weight excluding hydrogens is 408 g/mol. The van der Waals surface area contributed by atoms with Crippen LogP contribution in [-0.4, -0.2) is 30.0 Å². The molecule has 0 aliphatic rings. The summed E-state index contributed by atoms with van der Waals surface area (Å²) in [5.74, 6) is 0.738. The number of nitrogens with zero attached hydrogens (tertiary/aromatic N) is 3. The fourth-order valence-electron chi connectivity index (χ4n) is 2.71. The number of halogens is 2. The summed E-state index contributed by atoms with van der Waals surface area (Å²) >= 11 is 0. The lowest BCUT2D eigenvalue weighted by Gasteiger charge is -2.12. The number of aromatic nitrogens is 2. The second-order valence-electron chi connectivity index (χ2n) is 6.54. The summed E-state index contributed by atoms with van der Waals surface area (Å²) < 4.78 is 45.5. The highest BCUT2D eigenvalue weighted by atomic mass is 19.3. The van der Waals surface area contributed by atoms with Crippen molar-refractivity contribution in [3.05, 3.63) is 53.9 Å². The Morgan fingerprint density at radius 2 is 1.87 bits per heavy atom. The Kier molecular flexibility index (Phi) is 6.82. The molecule has 3 rings (SSSR count). The number of ether oxygens (including phenoxy) is 3. The van der Waals surface area contributed by atoms with E-state index in [9.17, 15) is 14.0 Å². The normalized spacial score (nSPS) is 11.5. The molecule has 7 nitrogen and oxygen atoms in total. The number of alkyl halides is 2. The number of para-hydroxylation sites is 1. The summed E-state index contributed by atoms with van der Waals surface area (Å²) in [5, 5.41) is 13.5. The first-order valence-corrected chi connectivity index (χ1v) is 9.26. The van der Waals surface area contributed by atoms with Gasteiger partial charge in [-0.3, -0.25) is 0 Å². The average Bonchev–Trinajstić information content (AvgIpc) is 3.22. The Bertz CT molecular complexity index is 1120. The molecule has 0 saturated carbocycles. The third-order valence-electron chi connectivity index (χ3n) is 4.00. The van der Waals surface area contributed by atoms with Crippen LogP contribution in [0.25, 0.3) is 23.0 Å². The highest BCUT2D eigenvalue weighted by molar-refractivity contribution is 5.88. The van der Waals surface area contributed by atoms with Crippen molar-refractivity contribution in [2.45, 2.75) is 26.6 Å². The lowest BCUT2D eigenvalue weighted by molar-refractivity contribution is -0.0512. The Balaban J connectivity index is 1.93. The summed E-state index contributed by atoms with van der Waals surface area (Å²) in [5.41, 5.74) is 1.26. The summed E-state index contributed by atoms with van der Waals surface area (Å²) in [6.07, 6.45) is 1.55. The molecule has 0 bridgehead atoms. The first-order valence-electron chi connectivity index (χ1n) is 9.26. The van der Waals surface area contributed by atoms with Gasteiger partial charge in [0.1, 0.15) is 17.4 Å². The van der Waals surface area contributed by atoms with Gasteiger partial charge in [-0.1, -0.05) is 23.4 Å². The molecule has 0 atom stereocenters. The summed E-state index contributed by atoms with van der Waals surface area (Å²) in [4.78, 5) is 4.25. The van der Waals surface area contributed by atoms with Gasteiger partial charge in [0.05, 0.1) is 13.2 Å².